The van der Waals surface area contributed by atoms with Gasteiger partial charge in [0.1, 0.15) is 11.4 Å². The Morgan fingerprint density at radius 2 is 1.60 bits per heavy atom. The predicted molar refractivity (Wildman–Crippen MR) is 157 cm³/mol. The number of piperazine rings is 1. The van der Waals surface area contributed by atoms with Crippen LogP contribution in [0.5, 0.6) is 5.75 Å². The molecule has 0 saturated carbocycles. The van der Waals surface area contributed by atoms with Crippen LogP contribution in [0.25, 0.3) is 0 Å². The van der Waals surface area contributed by atoms with Gasteiger partial charge in [-0.1, -0.05) is 6.07 Å². The number of benzene rings is 2. The number of aromatic nitrogens is 1. The number of thiazole rings is 1. The molecular weight excluding hydrogens is 524 g/mol. The Hall–Kier alpha value is -3.72. The number of rotatable bonds is 7. The number of likely N-dealkylation sites (tertiary alicyclic amines) is 1. The van der Waals surface area contributed by atoms with Gasteiger partial charge in [0.05, 0.1) is 5.01 Å². The zero-order chi connectivity index (χ0) is 28.2. The van der Waals surface area contributed by atoms with Crippen LogP contribution in [0.4, 0.5) is 5.69 Å². The van der Waals surface area contributed by atoms with Crippen LogP contribution in [0.15, 0.2) is 47.8 Å². The average Bonchev–Trinajstić information content (AvgIpc) is 3.48. The number of aryl methyl sites for hydroxylation is 2. The minimum atomic E-state index is -0.0230. The van der Waals surface area contributed by atoms with Crippen molar-refractivity contribution in [1.29, 1.82) is 0 Å². The van der Waals surface area contributed by atoms with Crippen LogP contribution >= 0.6 is 11.3 Å². The van der Waals surface area contributed by atoms with E-state index in [1.807, 2.05) is 64.6 Å². The van der Waals surface area contributed by atoms with Crippen molar-refractivity contribution in [3.05, 3.63) is 75.2 Å². The molecule has 2 aliphatic rings. The maximum absolute atomic E-state index is 13.2. The monoisotopic (exact) mass is 560 g/mol. The van der Waals surface area contributed by atoms with Crippen LogP contribution in [-0.4, -0.2) is 78.3 Å². The first-order valence-corrected chi connectivity index (χ1v) is 14.7. The molecule has 0 N–H and O–H groups in total. The van der Waals surface area contributed by atoms with E-state index in [0.29, 0.717) is 37.4 Å². The second kappa shape index (κ2) is 12.2. The summed E-state index contributed by atoms with van der Waals surface area (Å²) in [5.74, 6) is 1.01. The highest BCUT2D eigenvalue weighted by Gasteiger charge is 2.28. The molecule has 0 unspecified atom stereocenters. The van der Waals surface area contributed by atoms with Crippen LogP contribution in [0, 0.1) is 13.8 Å². The molecule has 0 spiro atoms. The molecule has 2 aliphatic heterocycles. The third-order valence-electron chi connectivity index (χ3n) is 7.98. The van der Waals surface area contributed by atoms with E-state index in [1.54, 1.807) is 18.3 Å². The first-order chi connectivity index (χ1) is 19.3. The summed E-state index contributed by atoms with van der Waals surface area (Å²) in [4.78, 5) is 48.1. The highest BCUT2D eigenvalue weighted by molar-refractivity contribution is 7.09. The molecule has 3 aromatic rings. The van der Waals surface area contributed by atoms with E-state index >= 15 is 0 Å². The lowest BCUT2D eigenvalue weighted by Crippen LogP contribution is -2.48. The van der Waals surface area contributed by atoms with Crippen molar-refractivity contribution >= 4 is 34.6 Å². The fraction of sp³-hybridized carbons (Fsp3) is 0.419. The lowest BCUT2D eigenvalue weighted by Gasteiger charge is -2.36. The highest BCUT2D eigenvalue weighted by Crippen LogP contribution is 2.31. The number of nitrogens with zero attached hydrogens (tertiary/aromatic N) is 4. The lowest BCUT2D eigenvalue weighted by molar-refractivity contribution is -0.134. The molecule has 0 aliphatic carbocycles. The van der Waals surface area contributed by atoms with Crippen molar-refractivity contribution in [1.82, 2.24) is 14.8 Å². The van der Waals surface area contributed by atoms with Gasteiger partial charge in [-0.2, -0.15) is 0 Å². The molecule has 2 amide bonds. The summed E-state index contributed by atoms with van der Waals surface area (Å²) < 4.78 is 5.74. The summed E-state index contributed by atoms with van der Waals surface area (Å²) in [6, 6.07) is 13.5. The third kappa shape index (κ3) is 6.36. The maximum atomic E-state index is 13.2. The van der Waals surface area contributed by atoms with Gasteiger partial charge in [0, 0.05) is 61.8 Å². The molecule has 0 atom stereocenters. The number of carbonyl (C=O) groups is 3. The van der Waals surface area contributed by atoms with Crippen molar-refractivity contribution in [3.8, 4) is 5.75 Å². The summed E-state index contributed by atoms with van der Waals surface area (Å²) in [5.41, 5.74) is 4.63. The van der Waals surface area contributed by atoms with Crippen LogP contribution < -0.4 is 9.64 Å². The van der Waals surface area contributed by atoms with Crippen molar-refractivity contribution < 1.29 is 19.1 Å². The molecule has 0 bridgehead atoms. The number of hydrogen-bond acceptors (Lipinski definition) is 7. The molecule has 2 saturated heterocycles. The molecule has 2 fully saturated rings. The summed E-state index contributed by atoms with van der Waals surface area (Å²) >= 11 is 1.54. The number of ether oxygens (including phenoxy) is 1. The fourth-order valence-corrected chi connectivity index (χ4v) is 6.19. The van der Waals surface area contributed by atoms with E-state index in [2.05, 4.69) is 11.8 Å². The highest BCUT2D eigenvalue weighted by atomic mass is 32.1. The lowest BCUT2D eigenvalue weighted by atomic mass is 9.97. The molecule has 3 heterocycles. The van der Waals surface area contributed by atoms with Crippen LogP contribution in [-0.2, 0) is 4.79 Å². The van der Waals surface area contributed by atoms with Crippen molar-refractivity contribution in [3.63, 3.8) is 0 Å². The third-order valence-corrected chi connectivity index (χ3v) is 8.99. The van der Waals surface area contributed by atoms with E-state index in [-0.39, 0.29) is 30.1 Å². The average molecular weight is 561 g/mol. The van der Waals surface area contributed by atoms with Crippen molar-refractivity contribution in [2.24, 2.45) is 0 Å². The second-order valence-electron chi connectivity index (χ2n) is 10.6. The number of hydrogen-bond donors (Lipinski definition) is 0. The van der Waals surface area contributed by atoms with Gasteiger partial charge < -0.3 is 19.4 Å². The Bertz CT molecular complexity index is 1370. The first-order valence-electron chi connectivity index (χ1n) is 13.9. The molecule has 210 valence electrons. The summed E-state index contributed by atoms with van der Waals surface area (Å²) in [6.07, 6.45) is 1.66. The first kappa shape index (κ1) is 27.8. The Balaban J connectivity index is 1.08. The minimum Gasteiger partial charge on any atom is -0.484 e. The van der Waals surface area contributed by atoms with Crippen LogP contribution in [0.2, 0.25) is 0 Å². The van der Waals surface area contributed by atoms with Gasteiger partial charge in [0.2, 0.25) is 0 Å². The molecule has 2 aromatic carbocycles. The molecule has 9 heteroatoms. The van der Waals surface area contributed by atoms with E-state index in [1.165, 1.54) is 5.56 Å². The summed E-state index contributed by atoms with van der Waals surface area (Å²) in [5, 5.41) is 2.85. The van der Waals surface area contributed by atoms with Gasteiger partial charge in [0.15, 0.2) is 12.4 Å². The zero-order valence-electron chi connectivity index (χ0n) is 23.4. The smallest absolute Gasteiger partial charge is 0.273 e. The topological polar surface area (TPSA) is 83.1 Å². The minimum absolute atomic E-state index is 0.000575. The van der Waals surface area contributed by atoms with Crippen molar-refractivity contribution in [2.75, 3.05) is 50.8 Å². The van der Waals surface area contributed by atoms with Crippen LogP contribution in [0.3, 0.4) is 0 Å². The molecule has 8 nitrogen and oxygen atoms in total. The Kier molecular flexibility index (Phi) is 8.49. The number of anilines is 1. The van der Waals surface area contributed by atoms with Crippen LogP contribution in [0.1, 0.15) is 62.7 Å². The quantitative estimate of drug-likeness (QED) is 0.389. The fourth-order valence-electron chi connectivity index (χ4n) is 5.23. The van der Waals surface area contributed by atoms with Gasteiger partial charge >= 0.3 is 0 Å². The van der Waals surface area contributed by atoms with Crippen molar-refractivity contribution in [2.45, 2.75) is 39.5 Å². The molecule has 5 rings (SSSR count). The Morgan fingerprint density at radius 3 is 2.25 bits per heavy atom. The van der Waals surface area contributed by atoms with E-state index in [4.69, 9.17) is 9.72 Å². The summed E-state index contributed by atoms with van der Waals surface area (Å²) in [6.45, 7) is 9.76. The summed E-state index contributed by atoms with van der Waals surface area (Å²) in [7, 11) is 0. The van der Waals surface area contributed by atoms with Gasteiger partial charge in [-0.15, -0.1) is 11.3 Å². The second-order valence-corrected chi connectivity index (χ2v) is 11.5. The number of carbonyl (C=O) groups excluding carboxylic acids is 3. The standard InChI is InChI=1S/C31H36N4O4S/c1-21-4-9-27(18-22(21)2)39-19-29(37)34-12-10-25(11-13-34)30-32-28(20-40-30)31(38)35-16-14-33(15-17-35)26-7-5-24(6-8-26)23(3)36/h4-9,18,20,25H,10-17,19H2,1-3H3. The van der Waals surface area contributed by atoms with E-state index < -0.39 is 0 Å². The van der Waals surface area contributed by atoms with E-state index in [9.17, 15) is 14.4 Å². The Labute approximate surface area is 239 Å². The van der Waals surface area contributed by atoms with Gasteiger partial charge in [-0.25, -0.2) is 4.98 Å². The normalized spacial score (nSPS) is 16.2. The zero-order valence-corrected chi connectivity index (χ0v) is 24.2. The number of amides is 2. The number of piperidine rings is 1. The molecule has 40 heavy (non-hydrogen) atoms. The number of Topliss-reactive ketones (excluding diaryl/α,β-unsaturated/α-hetero) is 1. The largest absolute Gasteiger partial charge is 0.484 e. The predicted octanol–water partition coefficient (Wildman–Crippen LogP) is 4.71. The molecule has 1 aromatic heterocycles. The number of ketones is 1. The Morgan fingerprint density at radius 1 is 0.900 bits per heavy atom. The maximum Gasteiger partial charge on any atom is 0.273 e. The SMILES string of the molecule is CC(=O)c1ccc(N2CCN(C(=O)c3csc(C4CCN(C(=O)COc5ccc(C)c(C)c5)CC4)n3)CC2)cc1. The molecular formula is C31H36N4O4S. The van der Waals surface area contributed by atoms with Gasteiger partial charge in [-0.05, 0) is 81.1 Å². The van der Waals surface area contributed by atoms with Gasteiger partial charge in [-0.3, -0.25) is 14.4 Å². The van der Waals surface area contributed by atoms with Gasteiger partial charge in [0.25, 0.3) is 11.8 Å². The molecule has 0 radical (unpaired) electrons. The van der Waals surface area contributed by atoms with E-state index in [0.717, 1.165) is 47.9 Å².